The molecule has 0 bridgehead atoms. The molecule has 0 saturated heterocycles. The third-order valence-corrected chi connectivity index (χ3v) is 3.29. The Morgan fingerprint density at radius 2 is 2.17 bits per heavy atom. The van der Waals surface area contributed by atoms with Crippen LogP contribution in [0.4, 0.5) is 0 Å². The monoisotopic (exact) mass is 244 g/mol. The molecule has 1 aromatic carbocycles. The van der Waals surface area contributed by atoms with Crippen molar-refractivity contribution in [3.8, 4) is 0 Å². The van der Waals surface area contributed by atoms with Crippen molar-refractivity contribution in [2.24, 2.45) is 0 Å². The highest BCUT2D eigenvalue weighted by molar-refractivity contribution is 5.76. The van der Waals surface area contributed by atoms with Crippen LogP contribution in [0, 0.1) is 0 Å². The van der Waals surface area contributed by atoms with E-state index in [-0.39, 0.29) is 5.91 Å². The van der Waals surface area contributed by atoms with E-state index in [9.17, 15) is 4.79 Å². The molecule has 0 atom stereocenters. The standard InChI is InChI=1S/C15H20N2O/c1-2-9-16-10-7-15(18)17-11-8-13-5-3-4-6-14(13)12-17/h2-6,16H,1,7-12H2. The van der Waals surface area contributed by atoms with Gasteiger partial charge in [-0.05, 0) is 17.5 Å². The largest absolute Gasteiger partial charge is 0.338 e. The number of amides is 1. The van der Waals surface area contributed by atoms with Crippen LogP contribution in [0.2, 0.25) is 0 Å². The van der Waals surface area contributed by atoms with Crippen LogP contribution >= 0.6 is 0 Å². The summed E-state index contributed by atoms with van der Waals surface area (Å²) in [5.41, 5.74) is 2.67. The molecule has 0 spiro atoms. The summed E-state index contributed by atoms with van der Waals surface area (Å²) in [6.45, 7) is 6.72. The first kappa shape index (κ1) is 12.8. The van der Waals surface area contributed by atoms with Gasteiger partial charge >= 0.3 is 0 Å². The fourth-order valence-electron chi connectivity index (χ4n) is 2.27. The lowest BCUT2D eigenvalue weighted by Crippen LogP contribution is -2.37. The van der Waals surface area contributed by atoms with Gasteiger partial charge in [0, 0.05) is 32.6 Å². The highest BCUT2D eigenvalue weighted by Crippen LogP contribution is 2.18. The number of hydrogen-bond acceptors (Lipinski definition) is 2. The number of carbonyl (C=O) groups is 1. The second-order valence-corrected chi connectivity index (χ2v) is 4.58. The van der Waals surface area contributed by atoms with Gasteiger partial charge in [-0.15, -0.1) is 6.58 Å². The molecule has 0 aliphatic carbocycles. The molecule has 2 rings (SSSR count). The molecule has 0 fully saturated rings. The van der Waals surface area contributed by atoms with Crippen LogP contribution in [-0.4, -0.2) is 30.4 Å². The minimum Gasteiger partial charge on any atom is -0.338 e. The van der Waals surface area contributed by atoms with E-state index in [4.69, 9.17) is 0 Å². The summed E-state index contributed by atoms with van der Waals surface area (Å²) in [5.74, 6) is 0.237. The summed E-state index contributed by atoms with van der Waals surface area (Å²) in [7, 11) is 0. The van der Waals surface area contributed by atoms with Crippen LogP contribution in [0.25, 0.3) is 0 Å². The molecule has 0 saturated carbocycles. The van der Waals surface area contributed by atoms with Gasteiger partial charge in [-0.3, -0.25) is 4.79 Å². The molecule has 0 radical (unpaired) electrons. The highest BCUT2D eigenvalue weighted by Gasteiger charge is 2.19. The number of fused-ring (bicyclic) bond motifs is 1. The quantitative estimate of drug-likeness (QED) is 0.632. The second-order valence-electron chi connectivity index (χ2n) is 4.58. The summed E-state index contributed by atoms with van der Waals surface area (Å²) in [6, 6.07) is 8.38. The topological polar surface area (TPSA) is 32.3 Å². The molecule has 96 valence electrons. The minimum atomic E-state index is 0.237. The van der Waals surface area contributed by atoms with E-state index in [1.165, 1.54) is 11.1 Å². The van der Waals surface area contributed by atoms with Crippen molar-refractivity contribution in [3.05, 3.63) is 48.0 Å². The third-order valence-electron chi connectivity index (χ3n) is 3.29. The summed E-state index contributed by atoms with van der Waals surface area (Å²) >= 11 is 0. The van der Waals surface area contributed by atoms with Crippen LogP contribution in [0.5, 0.6) is 0 Å². The molecule has 18 heavy (non-hydrogen) atoms. The van der Waals surface area contributed by atoms with Gasteiger partial charge in [0.2, 0.25) is 5.91 Å². The lowest BCUT2D eigenvalue weighted by molar-refractivity contribution is -0.132. The van der Waals surface area contributed by atoms with Crippen molar-refractivity contribution in [1.29, 1.82) is 0 Å². The van der Waals surface area contributed by atoms with Gasteiger partial charge in [-0.1, -0.05) is 30.3 Å². The van der Waals surface area contributed by atoms with Gasteiger partial charge in [-0.2, -0.15) is 0 Å². The van der Waals surface area contributed by atoms with E-state index >= 15 is 0 Å². The van der Waals surface area contributed by atoms with E-state index in [1.54, 1.807) is 0 Å². The van der Waals surface area contributed by atoms with E-state index < -0.39 is 0 Å². The minimum absolute atomic E-state index is 0.237. The molecular weight excluding hydrogens is 224 g/mol. The van der Waals surface area contributed by atoms with E-state index in [1.807, 2.05) is 17.0 Å². The Hall–Kier alpha value is -1.61. The van der Waals surface area contributed by atoms with Crippen LogP contribution < -0.4 is 5.32 Å². The zero-order valence-electron chi connectivity index (χ0n) is 10.7. The lowest BCUT2D eigenvalue weighted by atomic mass is 10.00. The van der Waals surface area contributed by atoms with Crippen molar-refractivity contribution >= 4 is 5.91 Å². The molecule has 1 aliphatic rings. The average Bonchev–Trinajstić information content (AvgIpc) is 2.43. The maximum Gasteiger partial charge on any atom is 0.224 e. The average molecular weight is 244 g/mol. The fraction of sp³-hybridized carbons (Fsp3) is 0.400. The molecule has 3 nitrogen and oxygen atoms in total. The molecular formula is C15H20N2O. The molecule has 1 N–H and O–H groups in total. The number of rotatable bonds is 5. The predicted molar refractivity (Wildman–Crippen MR) is 73.2 cm³/mol. The van der Waals surface area contributed by atoms with E-state index in [0.717, 1.165) is 32.6 Å². The van der Waals surface area contributed by atoms with Crippen molar-refractivity contribution in [2.45, 2.75) is 19.4 Å². The van der Waals surface area contributed by atoms with Crippen molar-refractivity contribution < 1.29 is 4.79 Å². The zero-order valence-corrected chi connectivity index (χ0v) is 10.7. The lowest BCUT2D eigenvalue weighted by Gasteiger charge is -2.29. The molecule has 1 amide bonds. The zero-order chi connectivity index (χ0) is 12.8. The Kier molecular flexibility index (Phi) is 4.53. The summed E-state index contributed by atoms with van der Waals surface area (Å²) in [4.78, 5) is 14.0. The Labute approximate surface area is 108 Å². The number of benzene rings is 1. The van der Waals surface area contributed by atoms with Gasteiger partial charge in [0.05, 0.1) is 0 Å². The molecule has 1 aromatic rings. The number of nitrogens with one attached hydrogen (secondary N) is 1. The SMILES string of the molecule is C=CCNCCC(=O)N1CCc2ccccc2C1. The first-order valence-electron chi connectivity index (χ1n) is 6.47. The number of hydrogen-bond donors (Lipinski definition) is 1. The van der Waals surface area contributed by atoms with Gasteiger partial charge in [-0.25, -0.2) is 0 Å². The summed E-state index contributed by atoms with van der Waals surface area (Å²) < 4.78 is 0. The van der Waals surface area contributed by atoms with Gasteiger partial charge < -0.3 is 10.2 Å². The van der Waals surface area contributed by atoms with E-state index in [0.29, 0.717) is 6.42 Å². The van der Waals surface area contributed by atoms with Crippen LogP contribution in [-0.2, 0) is 17.8 Å². The van der Waals surface area contributed by atoms with Gasteiger partial charge in [0.15, 0.2) is 0 Å². The van der Waals surface area contributed by atoms with E-state index in [2.05, 4.69) is 30.1 Å². The molecule has 1 aliphatic heterocycles. The summed E-state index contributed by atoms with van der Waals surface area (Å²) in [6.07, 6.45) is 3.35. The Morgan fingerprint density at radius 3 is 2.94 bits per heavy atom. The third kappa shape index (κ3) is 3.20. The van der Waals surface area contributed by atoms with Gasteiger partial charge in [0.25, 0.3) is 0 Å². The molecule has 1 heterocycles. The maximum absolute atomic E-state index is 12.0. The van der Waals surface area contributed by atoms with Crippen LogP contribution in [0.3, 0.4) is 0 Å². The normalized spacial score (nSPS) is 14.1. The maximum atomic E-state index is 12.0. The number of carbonyl (C=O) groups excluding carboxylic acids is 1. The van der Waals surface area contributed by atoms with Crippen molar-refractivity contribution in [2.75, 3.05) is 19.6 Å². The fourth-order valence-corrected chi connectivity index (χ4v) is 2.27. The Morgan fingerprint density at radius 1 is 1.39 bits per heavy atom. The number of nitrogens with zero attached hydrogens (tertiary/aromatic N) is 1. The van der Waals surface area contributed by atoms with Crippen LogP contribution in [0.15, 0.2) is 36.9 Å². The first-order chi connectivity index (χ1) is 8.81. The van der Waals surface area contributed by atoms with Gasteiger partial charge in [0.1, 0.15) is 0 Å². The first-order valence-corrected chi connectivity index (χ1v) is 6.47. The molecule has 0 aromatic heterocycles. The Balaban J connectivity index is 1.85. The Bertz CT molecular complexity index is 428. The molecule has 3 heteroatoms. The van der Waals surface area contributed by atoms with Crippen molar-refractivity contribution in [1.82, 2.24) is 10.2 Å². The predicted octanol–water partition coefficient (Wildman–Crippen LogP) is 1.74. The highest BCUT2D eigenvalue weighted by atomic mass is 16.2. The molecule has 0 unspecified atom stereocenters. The smallest absolute Gasteiger partial charge is 0.224 e. The summed E-state index contributed by atoms with van der Waals surface area (Å²) in [5, 5.41) is 3.16. The van der Waals surface area contributed by atoms with Crippen LogP contribution in [0.1, 0.15) is 17.5 Å². The second kappa shape index (κ2) is 6.36. The van der Waals surface area contributed by atoms with Crippen molar-refractivity contribution in [3.63, 3.8) is 0 Å².